The molecule has 2 aromatic rings. The minimum Gasteiger partial charge on any atom is -0.360 e. The third-order valence-electron chi connectivity index (χ3n) is 5.17. The first kappa shape index (κ1) is 16.8. The van der Waals surface area contributed by atoms with E-state index in [0.29, 0.717) is 24.9 Å². The second kappa shape index (κ2) is 6.55. The van der Waals surface area contributed by atoms with Gasteiger partial charge in [0.15, 0.2) is 5.76 Å². The molecule has 0 radical (unpaired) electrons. The van der Waals surface area contributed by atoms with E-state index < -0.39 is 10.0 Å². The lowest BCUT2D eigenvalue weighted by molar-refractivity contribution is 0.250. The minimum absolute atomic E-state index is 0.0916. The lowest BCUT2D eigenvalue weighted by Crippen LogP contribution is -2.33. The molecule has 0 bridgehead atoms. The molecule has 134 valence electrons. The number of rotatable bonds is 5. The number of likely N-dealkylation sites (tertiary alicyclic amines) is 1. The molecule has 2 aliphatic rings. The lowest BCUT2D eigenvalue weighted by atomic mass is 10.0. The Labute approximate surface area is 148 Å². The van der Waals surface area contributed by atoms with Crippen molar-refractivity contribution < 1.29 is 12.9 Å². The van der Waals surface area contributed by atoms with E-state index in [1.165, 1.54) is 0 Å². The van der Waals surface area contributed by atoms with Crippen LogP contribution < -0.4 is 0 Å². The van der Waals surface area contributed by atoms with E-state index in [1.807, 2.05) is 43.3 Å². The maximum atomic E-state index is 12.7. The minimum atomic E-state index is -3.24. The van der Waals surface area contributed by atoms with Crippen molar-refractivity contribution in [3.63, 3.8) is 0 Å². The summed E-state index contributed by atoms with van der Waals surface area (Å²) in [7, 11) is -3.24. The summed E-state index contributed by atoms with van der Waals surface area (Å²) in [5.74, 6) is 1.80. The maximum Gasteiger partial charge on any atom is 0.218 e. The molecule has 0 aliphatic carbocycles. The molecule has 2 atom stereocenters. The first-order chi connectivity index (χ1) is 12.0. The van der Waals surface area contributed by atoms with Gasteiger partial charge in [0.05, 0.1) is 18.0 Å². The SMILES string of the molecule is Cc1cc(CN2CC3CN(S(=O)(=O)Cc4ccccc4)CC3C2)on1. The van der Waals surface area contributed by atoms with Crippen LogP contribution in [0.25, 0.3) is 0 Å². The number of benzene rings is 1. The van der Waals surface area contributed by atoms with Gasteiger partial charge in [-0.15, -0.1) is 0 Å². The van der Waals surface area contributed by atoms with Crippen LogP contribution in [-0.2, 0) is 22.3 Å². The van der Waals surface area contributed by atoms with E-state index in [2.05, 4.69) is 10.1 Å². The van der Waals surface area contributed by atoms with Gasteiger partial charge in [0, 0.05) is 32.2 Å². The highest BCUT2D eigenvalue weighted by molar-refractivity contribution is 7.88. The van der Waals surface area contributed by atoms with Gasteiger partial charge >= 0.3 is 0 Å². The summed E-state index contributed by atoms with van der Waals surface area (Å²) in [6.45, 7) is 5.77. The molecule has 25 heavy (non-hydrogen) atoms. The number of hydrogen-bond acceptors (Lipinski definition) is 5. The fraction of sp³-hybridized carbons (Fsp3) is 0.500. The van der Waals surface area contributed by atoms with Crippen molar-refractivity contribution in [3.05, 3.63) is 53.4 Å². The summed E-state index contributed by atoms with van der Waals surface area (Å²) in [4.78, 5) is 2.34. The molecule has 2 saturated heterocycles. The lowest BCUT2D eigenvalue weighted by Gasteiger charge is -2.20. The molecule has 7 heteroatoms. The Morgan fingerprint density at radius 1 is 1.12 bits per heavy atom. The van der Waals surface area contributed by atoms with Gasteiger partial charge in [-0.25, -0.2) is 12.7 Å². The van der Waals surface area contributed by atoms with Crippen molar-refractivity contribution in [2.24, 2.45) is 11.8 Å². The molecule has 0 saturated carbocycles. The Bertz CT molecular complexity index is 820. The zero-order valence-electron chi connectivity index (χ0n) is 14.3. The number of fused-ring (bicyclic) bond motifs is 1. The van der Waals surface area contributed by atoms with Crippen molar-refractivity contribution in [1.82, 2.24) is 14.4 Å². The predicted octanol–water partition coefficient (Wildman–Crippen LogP) is 1.88. The van der Waals surface area contributed by atoms with Gasteiger partial charge in [-0.05, 0) is 24.3 Å². The smallest absolute Gasteiger partial charge is 0.218 e. The normalized spacial score (nSPS) is 24.7. The first-order valence-electron chi connectivity index (χ1n) is 8.66. The molecule has 2 aliphatic heterocycles. The Morgan fingerprint density at radius 2 is 1.80 bits per heavy atom. The second-order valence-corrected chi connectivity index (χ2v) is 9.18. The number of nitrogens with zero attached hydrogens (tertiary/aromatic N) is 3. The number of aryl methyl sites for hydroxylation is 1. The highest BCUT2D eigenvalue weighted by Crippen LogP contribution is 2.34. The van der Waals surface area contributed by atoms with Crippen molar-refractivity contribution in [1.29, 1.82) is 0 Å². The quantitative estimate of drug-likeness (QED) is 0.813. The molecular formula is C18H23N3O3S. The Hall–Kier alpha value is -1.70. The van der Waals surface area contributed by atoms with Gasteiger partial charge in [-0.3, -0.25) is 4.90 Å². The van der Waals surface area contributed by atoms with Gasteiger partial charge in [0.25, 0.3) is 0 Å². The second-order valence-electron chi connectivity index (χ2n) is 7.21. The molecule has 4 rings (SSSR count). The summed E-state index contributed by atoms with van der Waals surface area (Å²) in [6.07, 6.45) is 0. The van der Waals surface area contributed by atoms with Crippen LogP contribution in [0.4, 0.5) is 0 Å². The molecule has 0 N–H and O–H groups in total. The van der Waals surface area contributed by atoms with Crippen LogP contribution in [0, 0.1) is 18.8 Å². The van der Waals surface area contributed by atoms with Crippen LogP contribution >= 0.6 is 0 Å². The molecule has 2 unspecified atom stereocenters. The Kier molecular flexibility index (Phi) is 4.39. The van der Waals surface area contributed by atoms with E-state index in [0.717, 1.165) is 36.7 Å². The average Bonchev–Trinajstić information content (AvgIpc) is 3.23. The third kappa shape index (κ3) is 3.63. The van der Waals surface area contributed by atoms with Gasteiger partial charge < -0.3 is 4.52 Å². The molecule has 6 nitrogen and oxygen atoms in total. The summed E-state index contributed by atoms with van der Waals surface area (Å²) in [6, 6.07) is 11.4. The van der Waals surface area contributed by atoms with Crippen molar-refractivity contribution >= 4 is 10.0 Å². The zero-order valence-corrected chi connectivity index (χ0v) is 15.2. The van der Waals surface area contributed by atoms with Gasteiger partial charge in [-0.2, -0.15) is 0 Å². The third-order valence-corrected chi connectivity index (χ3v) is 6.95. The van der Waals surface area contributed by atoms with E-state index >= 15 is 0 Å². The largest absolute Gasteiger partial charge is 0.360 e. The van der Waals surface area contributed by atoms with Crippen LogP contribution in [-0.4, -0.2) is 49.0 Å². The summed E-state index contributed by atoms with van der Waals surface area (Å²) >= 11 is 0. The van der Waals surface area contributed by atoms with Gasteiger partial charge in [0.1, 0.15) is 0 Å². The topological polar surface area (TPSA) is 66.7 Å². The predicted molar refractivity (Wildman–Crippen MR) is 94.1 cm³/mol. The van der Waals surface area contributed by atoms with Crippen LogP contribution in [0.15, 0.2) is 40.9 Å². The zero-order chi connectivity index (χ0) is 17.4. The standard InChI is InChI=1S/C18H23N3O3S/c1-14-7-18(24-19-14)12-20-8-16-10-21(11-17(16)9-20)25(22,23)13-15-5-3-2-4-6-15/h2-7,16-17H,8-13H2,1H3. The average molecular weight is 361 g/mol. The molecule has 2 fully saturated rings. The van der Waals surface area contributed by atoms with Crippen LogP contribution in [0.1, 0.15) is 17.0 Å². The van der Waals surface area contributed by atoms with Gasteiger partial charge in [0.2, 0.25) is 10.0 Å². The molecule has 1 aromatic heterocycles. The Morgan fingerprint density at radius 3 is 2.40 bits per heavy atom. The summed E-state index contributed by atoms with van der Waals surface area (Å²) in [5, 5.41) is 3.93. The number of hydrogen-bond donors (Lipinski definition) is 0. The monoisotopic (exact) mass is 361 g/mol. The molecular weight excluding hydrogens is 338 g/mol. The highest BCUT2D eigenvalue weighted by Gasteiger charge is 2.43. The van der Waals surface area contributed by atoms with Crippen molar-refractivity contribution in [2.45, 2.75) is 19.2 Å². The fourth-order valence-corrected chi connectivity index (χ4v) is 5.62. The van der Waals surface area contributed by atoms with Crippen LogP contribution in [0.2, 0.25) is 0 Å². The summed E-state index contributed by atoms with van der Waals surface area (Å²) in [5.41, 5.74) is 1.74. The molecule has 0 spiro atoms. The van der Waals surface area contributed by atoms with E-state index in [-0.39, 0.29) is 5.75 Å². The highest BCUT2D eigenvalue weighted by atomic mass is 32.2. The van der Waals surface area contributed by atoms with Gasteiger partial charge in [-0.1, -0.05) is 35.5 Å². The van der Waals surface area contributed by atoms with E-state index in [9.17, 15) is 8.42 Å². The van der Waals surface area contributed by atoms with Crippen molar-refractivity contribution in [2.75, 3.05) is 26.2 Å². The summed E-state index contributed by atoms with van der Waals surface area (Å²) < 4.78 is 32.4. The number of sulfonamides is 1. The number of aromatic nitrogens is 1. The first-order valence-corrected chi connectivity index (χ1v) is 10.3. The maximum absolute atomic E-state index is 12.7. The fourth-order valence-electron chi connectivity index (χ4n) is 3.99. The van der Waals surface area contributed by atoms with E-state index in [1.54, 1.807) is 4.31 Å². The molecule has 1 aromatic carbocycles. The van der Waals surface area contributed by atoms with Crippen molar-refractivity contribution in [3.8, 4) is 0 Å². The van der Waals surface area contributed by atoms with Crippen LogP contribution in [0.5, 0.6) is 0 Å². The Balaban J connectivity index is 1.35. The van der Waals surface area contributed by atoms with Crippen LogP contribution in [0.3, 0.4) is 0 Å². The van der Waals surface area contributed by atoms with E-state index in [4.69, 9.17) is 4.52 Å². The molecule has 3 heterocycles. The molecule has 0 amide bonds.